The van der Waals surface area contributed by atoms with Gasteiger partial charge in [-0.2, -0.15) is 0 Å². The van der Waals surface area contributed by atoms with Crippen molar-refractivity contribution >= 4 is 34.6 Å². The molecule has 59 heavy (non-hydrogen) atoms. The van der Waals surface area contributed by atoms with E-state index in [1.807, 2.05) is 45.0 Å². The molecule has 2 fully saturated rings. The summed E-state index contributed by atoms with van der Waals surface area (Å²) < 4.78 is 9.46. The van der Waals surface area contributed by atoms with E-state index in [4.69, 9.17) is 14.5 Å². The third-order valence-electron chi connectivity index (χ3n) is 11.3. The van der Waals surface area contributed by atoms with Crippen molar-refractivity contribution in [1.29, 1.82) is 0 Å². The summed E-state index contributed by atoms with van der Waals surface area (Å²) in [4.78, 5) is 68.4. The topological polar surface area (TPSA) is 183 Å². The van der Waals surface area contributed by atoms with Crippen molar-refractivity contribution in [3.05, 3.63) is 96.4 Å². The van der Waals surface area contributed by atoms with Crippen molar-refractivity contribution in [3.8, 4) is 33.6 Å². The molecule has 7 rings (SSSR count). The number of amides is 3. The van der Waals surface area contributed by atoms with E-state index in [-0.39, 0.29) is 35.6 Å². The molecule has 3 aromatic carbocycles. The van der Waals surface area contributed by atoms with Crippen molar-refractivity contribution in [3.63, 3.8) is 0 Å². The first-order chi connectivity index (χ1) is 28.4. The van der Waals surface area contributed by atoms with Crippen LogP contribution in [-0.2, 0) is 19.1 Å². The lowest BCUT2D eigenvalue weighted by atomic mass is 9.97. The number of carbonyl (C=O) groups is 4. The molecule has 2 saturated heterocycles. The van der Waals surface area contributed by atoms with Crippen molar-refractivity contribution in [2.45, 2.75) is 71.1 Å². The fraction of sp³-hybridized carbons (Fsp3) is 0.378. The van der Waals surface area contributed by atoms with E-state index in [0.717, 1.165) is 74.5 Å². The third kappa shape index (κ3) is 9.07. The molecule has 4 heterocycles. The number of H-pyrrole nitrogens is 2. The Kier molecular flexibility index (Phi) is 12.3. The molecule has 3 amide bonds. The zero-order valence-electron chi connectivity index (χ0n) is 34.3. The number of aromatic amines is 2. The Morgan fingerprint density at radius 2 is 1.31 bits per heavy atom. The molecule has 308 valence electrons. The number of rotatable bonds is 12. The number of benzene rings is 3. The van der Waals surface area contributed by atoms with E-state index in [0.29, 0.717) is 19.5 Å². The number of methoxy groups -OCH3 is 2. The quantitative estimate of drug-likeness (QED) is 0.0812. The lowest BCUT2D eigenvalue weighted by molar-refractivity contribution is -0.135. The Balaban J connectivity index is 0.993. The predicted octanol–water partition coefficient (Wildman–Crippen LogP) is 7.24. The summed E-state index contributed by atoms with van der Waals surface area (Å²) in [6.07, 6.45) is 6.31. The molecule has 2 aliphatic rings. The van der Waals surface area contributed by atoms with Crippen LogP contribution in [0.25, 0.3) is 44.4 Å². The van der Waals surface area contributed by atoms with E-state index in [1.54, 1.807) is 6.08 Å². The monoisotopic (exact) mass is 800 g/mol. The van der Waals surface area contributed by atoms with E-state index < -0.39 is 24.3 Å². The number of hydrogen-bond donors (Lipinski definition) is 5. The summed E-state index contributed by atoms with van der Waals surface area (Å²) in [5, 5.41) is 11.0. The lowest BCUT2D eigenvalue weighted by Gasteiger charge is -2.30. The average Bonchev–Trinajstić information content (AvgIpc) is 4.08. The van der Waals surface area contributed by atoms with Gasteiger partial charge in [0.05, 0.1) is 56.1 Å². The summed E-state index contributed by atoms with van der Waals surface area (Å²) in [6.45, 7) is 8.74. The van der Waals surface area contributed by atoms with Gasteiger partial charge in [-0.25, -0.2) is 19.6 Å². The van der Waals surface area contributed by atoms with Crippen LogP contribution < -0.4 is 16.0 Å². The maximum absolute atomic E-state index is 13.6. The predicted molar refractivity (Wildman–Crippen MR) is 225 cm³/mol. The van der Waals surface area contributed by atoms with Crippen LogP contribution in [0.3, 0.4) is 0 Å². The molecule has 4 unspecified atom stereocenters. The van der Waals surface area contributed by atoms with Gasteiger partial charge in [0.1, 0.15) is 17.7 Å². The number of aromatic nitrogens is 4. The molecule has 5 N–H and O–H groups in total. The van der Waals surface area contributed by atoms with Crippen molar-refractivity contribution in [1.82, 2.24) is 40.8 Å². The van der Waals surface area contributed by atoms with Crippen LogP contribution >= 0.6 is 0 Å². The molecule has 14 heteroatoms. The van der Waals surface area contributed by atoms with Crippen LogP contribution in [0.2, 0.25) is 0 Å². The Hall–Kier alpha value is -6.28. The number of ether oxygens (including phenoxy) is 2. The summed E-state index contributed by atoms with van der Waals surface area (Å²) >= 11 is 0. The Labute approximate surface area is 343 Å². The molecule has 0 bridgehead atoms. The fourth-order valence-electron chi connectivity index (χ4n) is 7.95. The molecular weight excluding hydrogens is 749 g/mol. The van der Waals surface area contributed by atoms with Gasteiger partial charge in [-0.3, -0.25) is 9.59 Å². The highest BCUT2D eigenvalue weighted by Crippen LogP contribution is 2.34. The van der Waals surface area contributed by atoms with Gasteiger partial charge in [-0.05, 0) is 76.8 Å². The minimum absolute atomic E-state index is 0.0595. The summed E-state index contributed by atoms with van der Waals surface area (Å²) in [7, 11) is 2.57. The van der Waals surface area contributed by atoms with Crippen LogP contribution in [0.15, 0.2) is 84.7 Å². The third-order valence-corrected chi connectivity index (χ3v) is 11.3. The highest BCUT2D eigenvalue weighted by Gasteiger charge is 2.37. The number of ketones is 1. The normalized spacial score (nSPS) is 18.4. The Morgan fingerprint density at radius 3 is 1.97 bits per heavy atom. The number of alkyl carbamates (subject to hydrolysis) is 2. The van der Waals surface area contributed by atoms with Gasteiger partial charge in [0.25, 0.3) is 0 Å². The number of nitrogens with one attached hydrogen (secondary N) is 5. The SMILES string of the molecule is COC(=O)NC(C(=O)C=C1CNC(c2ncc(-c3ccc(-c4ccc5cc(-c6cnc(C7CCCN7C(=O)C(NC(=O)OC)C(C)C)[nH]6)ccc5c4)cc3)[nH]2)C1)C(C)C. The Bertz CT molecular complexity index is 2360. The molecule has 5 aromatic rings. The van der Waals surface area contributed by atoms with Crippen LogP contribution in [0.5, 0.6) is 0 Å². The van der Waals surface area contributed by atoms with Crippen LogP contribution in [0.1, 0.15) is 70.7 Å². The summed E-state index contributed by atoms with van der Waals surface area (Å²) in [6, 6.07) is 19.5. The number of nitrogens with zero attached hydrogens (tertiary/aromatic N) is 3. The van der Waals surface area contributed by atoms with Crippen molar-refractivity contribution < 1.29 is 28.7 Å². The summed E-state index contributed by atoms with van der Waals surface area (Å²) in [5.41, 5.74) is 6.93. The highest BCUT2D eigenvalue weighted by atomic mass is 16.5. The maximum Gasteiger partial charge on any atom is 0.407 e. The van der Waals surface area contributed by atoms with Gasteiger partial charge < -0.3 is 40.3 Å². The number of fused-ring (bicyclic) bond motifs is 1. The number of imidazole rings is 2. The summed E-state index contributed by atoms with van der Waals surface area (Å²) in [5.74, 6) is 1.05. The van der Waals surface area contributed by atoms with Gasteiger partial charge in [0.15, 0.2) is 5.78 Å². The number of hydrogen-bond acceptors (Lipinski definition) is 9. The molecule has 14 nitrogen and oxygen atoms in total. The van der Waals surface area contributed by atoms with Crippen molar-refractivity contribution in [2.24, 2.45) is 11.8 Å². The average molecular weight is 801 g/mol. The van der Waals surface area contributed by atoms with Gasteiger partial charge >= 0.3 is 12.2 Å². The Morgan fingerprint density at radius 1 is 0.746 bits per heavy atom. The molecule has 2 aromatic heterocycles. The maximum atomic E-state index is 13.6. The second kappa shape index (κ2) is 17.7. The van der Waals surface area contributed by atoms with E-state index in [1.165, 1.54) is 14.2 Å². The van der Waals surface area contributed by atoms with Gasteiger partial charge in [-0.15, -0.1) is 0 Å². The first-order valence-corrected chi connectivity index (χ1v) is 20.1. The van der Waals surface area contributed by atoms with Gasteiger partial charge in [0, 0.05) is 18.7 Å². The molecule has 0 radical (unpaired) electrons. The number of likely N-dealkylation sites (tertiary alicyclic amines) is 1. The van der Waals surface area contributed by atoms with E-state index >= 15 is 0 Å². The second-order valence-corrected chi connectivity index (χ2v) is 16.0. The lowest BCUT2D eigenvalue weighted by Crippen LogP contribution is -2.51. The standard InChI is InChI=1S/C45H52N8O6/c1-25(2)39(51-44(56)58-5)38(54)19-27-18-34(46-22-27)41-47-23-35(49-41)29-11-9-28(10-12-29)30-13-14-32-21-33(16-15-31(32)20-30)36-24-48-42(50-36)37-8-7-17-53(37)43(55)40(26(3)4)52-45(57)59-6/h9-16,19-21,23-26,34,37,39-40,46H,7-8,17-18,22H2,1-6H3,(H,47,49)(H,48,50)(H,51,56)(H,52,57). The van der Waals surface area contributed by atoms with Crippen LogP contribution in [0, 0.1) is 11.8 Å². The second-order valence-electron chi connectivity index (χ2n) is 16.0. The fourth-order valence-corrected chi connectivity index (χ4v) is 7.95. The largest absolute Gasteiger partial charge is 0.453 e. The zero-order chi connectivity index (χ0) is 41.8. The molecular formula is C45H52N8O6. The van der Waals surface area contributed by atoms with Crippen molar-refractivity contribution in [2.75, 3.05) is 27.3 Å². The molecule has 0 spiro atoms. The van der Waals surface area contributed by atoms with Gasteiger partial charge in [0.2, 0.25) is 5.91 Å². The molecule has 0 aliphatic carbocycles. The molecule has 0 saturated carbocycles. The minimum atomic E-state index is -0.687. The van der Waals surface area contributed by atoms with E-state index in [2.05, 4.69) is 91.6 Å². The first-order valence-electron chi connectivity index (χ1n) is 20.1. The number of carbonyl (C=O) groups excluding carboxylic acids is 4. The van der Waals surface area contributed by atoms with Crippen LogP contribution in [0.4, 0.5) is 9.59 Å². The molecule has 2 aliphatic heterocycles. The molecule has 4 atom stereocenters. The highest BCUT2D eigenvalue weighted by molar-refractivity contribution is 5.97. The first kappa shape index (κ1) is 40.9. The smallest absolute Gasteiger partial charge is 0.407 e. The minimum Gasteiger partial charge on any atom is -0.453 e. The van der Waals surface area contributed by atoms with Crippen LogP contribution in [-0.4, -0.2) is 88.1 Å². The zero-order valence-corrected chi connectivity index (χ0v) is 34.3. The van der Waals surface area contributed by atoms with Gasteiger partial charge in [-0.1, -0.05) is 81.8 Å². The van der Waals surface area contributed by atoms with E-state index in [9.17, 15) is 19.2 Å².